The summed E-state index contributed by atoms with van der Waals surface area (Å²) in [6.45, 7) is 1.44. The smallest absolute Gasteiger partial charge is 0.302 e. The number of aromatic nitrogens is 5. The van der Waals surface area contributed by atoms with Crippen molar-refractivity contribution in [2.75, 3.05) is 13.1 Å². The van der Waals surface area contributed by atoms with Crippen molar-refractivity contribution in [2.24, 2.45) is 5.92 Å². The van der Waals surface area contributed by atoms with Crippen molar-refractivity contribution in [3.05, 3.63) is 41.2 Å². The number of hydrogen-bond donors (Lipinski definition) is 1. The lowest BCUT2D eigenvalue weighted by molar-refractivity contribution is -0.131. The Hall–Kier alpha value is -3.23. The minimum Gasteiger partial charge on any atom is -0.422 e. The van der Waals surface area contributed by atoms with E-state index in [1.807, 2.05) is 9.58 Å². The van der Waals surface area contributed by atoms with Crippen LogP contribution in [0.2, 0.25) is 0 Å². The predicted octanol–water partition coefficient (Wildman–Crippen LogP) is 1.49. The first-order valence-corrected chi connectivity index (χ1v) is 9.02. The summed E-state index contributed by atoms with van der Waals surface area (Å²) in [4.78, 5) is 37.1. The third-order valence-electron chi connectivity index (χ3n) is 5.06. The zero-order chi connectivity index (χ0) is 18.4. The van der Waals surface area contributed by atoms with Crippen molar-refractivity contribution in [2.45, 2.75) is 25.3 Å². The van der Waals surface area contributed by atoms with Crippen molar-refractivity contribution in [1.29, 1.82) is 0 Å². The van der Waals surface area contributed by atoms with E-state index in [9.17, 15) is 9.59 Å². The molecule has 1 aliphatic carbocycles. The van der Waals surface area contributed by atoms with Crippen LogP contribution in [-0.2, 0) is 4.79 Å². The Morgan fingerprint density at radius 1 is 1.26 bits per heavy atom. The van der Waals surface area contributed by atoms with Crippen LogP contribution in [0.15, 0.2) is 35.6 Å². The summed E-state index contributed by atoms with van der Waals surface area (Å²) in [6.07, 6.45) is 9.32. The van der Waals surface area contributed by atoms with E-state index in [1.54, 1.807) is 24.7 Å². The summed E-state index contributed by atoms with van der Waals surface area (Å²) in [7, 11) is 0. The van der Waals surface area contributed by atoms with Gasteiger partial charge in [-0.05, 0) is 25.3 Å². The molecule has 1 N–H and O–H groups in total. The number of carbonyl (C=O) groups excluding carboxylic acids is 1. The largest absolute Gasteiger partial charge is 0.422 e. The van der Waals surface area contributed by atoms with Crippen LogP contribution in [0.4, 0.5) is 0 Å². The van der Waals surface area contributed by atoms with Gasteiger partial charge in [-0.1, -0.05) is 0 Å². The predicted molar refractivity (Wildman–Crippen MR) is 95.4 cm³/mol. The molecule has 4 heterocycles. The van der Waals surface area contributed by atoms with E-state index in [2.05, 4.69) is 20.1 Å². The second-order valence-corrected chi connectivity index (χ2v) is 7.02. The summed E-state index contributed by atoms with van der Waals surface area (Å²) in [6, 6.07) is 1.84. The molecule has 0 radical (unpaired) electrons. The van der Waals surface area contributed by atoms with E-state index in [0.717, 1.165) is 25.8 Å². The highest BCUT2D eigenvalue weighted by molar-refractivity contribution is 5.81. The van der Waals surface area contributed by atoms with Crippen LogP contribution < -0.4 is 10.3 Å². The van der Waals surface area contributed by atoms with Gasteiger partial charge in [0.25, 0.3) is 5.56 Å². The molecule has 138 valence electrons. The summed E-state index contributed by atoms with van der Waals surface area (Å²) in [5.74, 6) is 0.992. The van der Waals surface area contributed by atoms with Gasteiger partial charge in [-0.25, -0.2) is 0 Å². The van der Waals surface area contributed by atoms with Crippen LogP contribution in [-0.4, -0.2) is 48.6 Å². The van der Waals surface area contributed by atoms with E-state index in [4.69, 9.17) is 4.74 Å². The first kappa shape index (κ1) is 16.0. The molecular weight excluding hydrogens is 348 g/mol. The van der Waals surface area contributed by atoms with Gasteiger partial charge in [-0.15, -0.1) is 0 Å². The number of amides is 1. The zero-order valence-electron chi connectivity index (χ0n) is 14.5. The molecule has 27 heavy (non-hydrogen) atoms. The molecule has 1 atom stereocenters. The Bertz CT molecular complexity index is 1070. The number of aromatic amines is 1. The molecule has 9 nitrogen and oxygen atoms in total. The fourth-order valence-corrected chi connectivity index (χ4v) is 3.45. The summed E-state index contributed by atoms with van der Waals surface area (Å²) in [5.41, 5.74) is 0.184. The Morgan fingerprint density at radius 3 is 3.00 bits per heavy atom. The normalized spacial score (nSPS) is 19.6. The number of rotatable bonds is 4. The molecule has 3 aromatic heterocycles. The number of pyridine rings is 1. The highest BCUT2D eigenvalue weighted by atomic mass is 16.5. The minimum atomic E-state index is -0.283. The molecule has 9 heteroatoms. The van der Waals surface area contributed by atoms with E-state index in [1.165, 1.54) is 6.20 Å². The third kappa shape index (κ3) is 3.05. The van der Waals surface area contributed by atoms with Gasteiger partial charge in [0.05, 0.1) is 35.5 Å². The highest BCUT2D eigenvalue weighted by Crippen LogP contribution is 2.34. The molecule has 0 unspecified atom stereocenters. The van der Waals surface area contributed by atoms with Crippen molar-refractivity contribution in [1.82, 2.24) is 29.6 Å². The fourth-order valence-electron chi connectivity index (χ4n) is 3.45. The average molecular weight is 366 g/mol. The van der Waals surface area contributed by atoms with E-state index in [0.29, 0.717) is 23.2 Å². The van der Waals surface area contributed by atoms with Crippen molar-refractivity contribution < 1.29 is 9.53 Å². The Labute approximate surface area is 154 Å². The van der Waals surface area contributed by atoms with Crippen LogP contribution in [0.3, 0.4) is 0 Å². The van der Waals surface area contributed by atoms with Gasteiger partial charge in [-0.3, -0.25) is 24.2 Å². The molecule has 1 amide bonds. The molecule has 0 bridgehead atoms. The number of carbonyl (C=O) groups is 1. The molecule has 1 saturated heterocycles. The average Bonchev–Trinajstić information content (AvgIpc) is 3.22. The lowest BCUT2D eigenvalue weighted by atomic mass is 10.3. The number of H-pyrrole nitrogens is 1. The number of likely N-dealkylation sites (tertiary alicyclic amines) is 1. The third-order valence-corrected chi connectivity index (χ3v) is 5.06. The molecule has 2 fully saturated rings. The molecule has 5 rings (SSSR count). The zero-order valence-corrected chi connectivity index (χ0v) is 14.5. The quantitative estimate of drug-likeness (QED) is 0.750. The van der Waals surface area contributed by atoms with Gasteiger partial charge in [-0.2, -0.15) is 10.1 Å². The molecule has 1 saturated carbocycles. The lowest BCUT2D eigenvalue weighted by Crippen LogP contribution is -2.30. The highest BCUT2D eigenvalue weighted by Gasteiger charge is 2.37. The van der Waals surface area contributed by atoms with E-state index < -0.39 is 0 Å². The number of ether oxygens (including phenoxy) is 1. The first-order valence-electron chi connectivity index (χ1n) is 9.02. The monoisotopic (exact) mass is 366 g/mol. The first-order chi connectivity index (χ1) is 13.2. The van der Waals surface area contributed by atoms with Crippen LogP contribution in [0.25, 0.3) is 10.9 Å². The summed E-state index contributed by atoms with van der Waals surface area (Å²) >= 11 is 0. The number of hydrogen-bond acceptors (Lipinski definition) is 6. The van der Waals surface area contributed by atoms with Gasteiger partial charge in [0, 0.05) is 25.2 Å². The second-order valence-electron chi connectivity index (χ2n) is 7.02. The Balaban J connectivity index is 1.31. The Morgan fingerprint density at radius 2 is 2.15 bits per heavy atom. The summed E-state index contributed by atoms with van der Waals surface area (Å²) < 4.78 is 7.49. The maximum absolute atomic E-state index is 12.2. The SMILES string of the molecule is O=C(C1CC1)N1CC[C@@H](n2cc(Oc3nc4cnccc4c(=O)[nH]3)cn2)C1. The topological polar surface area (TPSA) is 106 Å². The fraction of sp³-hybridized carbons (Fsp3) is 0.389. The van der Waals surface area contributed by atoms with Gasteiger partial charge in [0.2, 0.25) is 5.91 Å². The molecule has 1 aliphatic heterocycles. The summed E-state index contributed by atoms with van der Waals surface area (Å²) in [5, 5.41) is 4.81. The van der Waals surface area contributed by atoms with Crippen LogP contribution >= 0.6 is 0 Å². The molecule has 3 aromatic rings. The lowest BCUT2D eigenvalue weighted by Gasteiger charge is -2.16. The van der Waals surface area contributed by atoms with Gasteiger partial charge in [0.15, 0.2) is 5.75 Å². The maximum atomic E-state index is 12.2. The second kappa shape index (κ2) is 6.19. The standard InChI is InChI=1S/C18H18N6O3/c25-16-14-3-5-19-8-15(14)21-18(22-16)27-13-7-20-24(10-13)12-4-6-23(9-12)17(26)11-1-2-11/h3,5,7-8,10-12H,1-2,4,6,9H2,(H,21,22,25)/t12-/m1/s1. The van der Waals surface area contributed by atoms with Crippen molar-refractivity contribution in [3.63, 3.8) is 0 Å². The molecular formula is C18H18N6O3. The van der Waals surface area contributed by atoms with E-state index in [-0.39, 0.29) is 29.4 Å². The van der Waals surface area contributed by atoms with Crippen LogP contribution in [0, 0.1) is 5.92 Å². The van der Waals surface area contributed by atoms with Crippen LogP contribution in [0.5, 0.6) is 11.8 Å². The van der Waals surface area contributed by atoms with Gasteiger partial charge < -0.3 is 9.64 Å². The van der Waals surface area contributed by atoms with Crippen molar-refractivity contribution >= 4 is 16.8 Å². The minimum absolute atomic E-state index is 0.0945. The molecule has 0 spiro atoms. The molecule has 0 aromatic carbocycles. The van der Waals surface area contributed by atoms with Gasteiger partial charge >= 0.3 is 6.01 Å². The van der Waals surface area contributed by atoms with Gasteiger partial charge in [0.1, 0.15) is 0 Å². The van der Waals surface area contributed by atoms with Crippen LogP contribution in [0.1, 0.15) is 25.3 Å². The number of nitrogens with one attached hydrogen (secondary N) is 1. The van der Waals surface area contributed by atoms with E-state index >= 15 is 0 Å². The maximum Gasteiger partial charge on any atom is 0.302 e. The number of nitrogens with zero attached hydrogens (tertiary/aromatic N) is 5. The number of fused-ring (bicyclic) bond motifs is 1. The van der Waals surface area contributed by atoms with Crippen molar-refractivity contribution in [3.8, 4) is 11.8 Å². The Kier molecular flexibility index (Phi) is 3.66. The molecule has 2 aliphatic rings.